The molecule has 0 radical (unpaired) electrons. The molecule has 1 aliphatic rings. The number of benzene rings is 2. The summed E-state index contributed by atoms with van der Waals surface area (Å²) in [5, 5.41) is 2.64. The van der Waals surface area contributed by atoms with Gasteiger partial charge in [0.25, 0.3) is 5.91 Å². The van der Waals surface area contributed by atoms with Gasteiger partial charge in [0.15, 0.2) is 6.61 Å². The monoisotopic (exact) mass is 537 g/mol. The molecule has 1 saturated heterocycles. The van der Waals surface area contributed by atoms with Crippen molar-refractivity contribution in [3.63, 3.8) is 0 Å². The van der Waals surface area contributed by atoms with Crippen LogP contribution in [0.5, 0.6) is 0 Å². The quantitative estimate of drug-likeness (QED) is 0.416. The van der Waals surface area contributed by atoms with Crippen LogP contribution in [0.3, 0.4) is 0 Å². The molecule has 1 amide bonds. The van der Waals surface area contributed by atoms with Gasteiger partial charge < -0.3 is 10.1 Å². The van der Waals surface area contributed by atoms with Crippen molar-refractivity contribution in [1.82, 2.24) is 14.6 Å². The van der Waals surface area contributed by atoms with Gasteiger partial charge in [-0.05, 0) is 48.4 Å². The topological polar surface area (TPSA) is 106 Å². The molecule has 1 aromatic heterocycles. The number of sulfonamides is 1. The van der Waals surface area contributed by atoms with E-state index in [0.717, 1.165) is 18.4 Å². The van der Waals surface area contributed by atoms with Crippen molar-refractivity contribution in [2.24, 2.45) is 0 Å². The highest BCUT2D eigenvalue weighted by atomic mass is 32.2. The van der Waals surface area contributed by atoms with Crippen LogP contribution >= 0.6 is 0 Å². The van der Waals surface area contributed by atoms with Crippen molar-refractivity contribution < 1.29 is 22.7 Å². The van der Waals surface area contributed by atoms with Gasteiger partial charge in [-0.3, -0.25) is 14.6 Å². The van der Waals surface area contributed by atoms with Gasteiger partial charge in [-0.2, -0.15) is 4.31 Å². The second-order valence-corrected chi connectivity index (χ2v) is 10.9. The van der Waals surface area contributed by atoms with Crippen molar-refractivity contribution in [2.45, 2.75) is 50.9 Å². The number of carbonyl (C=O) groups excluding carboxylic acids is 2. The minimum absolute atomic E-state index is 0.177. The summed E-state index contributed by atoms with van der Waals surface area (Å²) in [6, 6.07) is 22.0. The standard InChI is InChI=1S/C21H25N3O5S.C8H10/c25-20(23-14-18-9-6-11-22-13-18)15-29-21(26)19-10-4-5-12-24(19)30(27,28)16-17-7-2-1-3-8-17;1-2-8-6-4-3-5-7-8/h1-3,6-9,11,13,19H,4-5,10,12,14-16H2,(H,23,25);3-7H,2H2,1H3. The minimum atomic E-state index is -3.69. The maximum absolute atomic E-state index is 12.9. The molecule has 9 heteroatoms. The maximum Gasteiger partial charge on any atom is 0.324 e. The largest absolute Gasteiger partial charge is 0.454 e. The second-order valence-electron chi connectivity index (χ2n) is 8.95. The molecule has 0 spiro atoms. The van der Waals surface area contributed by atoms with Crippen LogP contribution in [0, 0.1) is 0 Å². The summed E-state index contributed by atoms with van der Waals surface area (Å²) < 4.78 is 32.2. The predicted molar refractivity (Wildman–Crippen MR) is 146 cm³/mol. The highest BCUT2D eigenvalue weighted by molar-refractivity contribution is 7.88. The Morgan fingerprint density at radius 3 is 2.21 bits per heavy atom. The van der Waals surface area contributed by atoms with E-state index >= 15 is 0 Å². The lowest BCUT2D eigenvalue weighted by atomic mass is 10.1. The molecule has 1 aliphatic heterocycles. The smallest absolute Gasteiger partial charge is 0.324 e. The molecule has 2 aromatic carbocycles. The number of rotatable bonds is 9. The molecule has 0 saturated carbocycles. The Balaban J connectivity index is 0.000000427. The average molecular weight is 538 g/mol. The van der Waals surface area contributed by atoms with Crippen LogP contribution in [0.15, 0.2) is 85.2 Å². The van der Waals surface area contributed by atoms with Gasteiger partial charge >= 0.3 is 5.97 Å². The number of carbonyl (C=O) groups is 2. The zero-order valence-electron chi connectivity index (χ0n) is 21.7. The third-order valence-corrected chi connectivity index (χ3v) is 7.93. The Hall–Kier alpha value is -3.56. The molecule has 8 nitrogen and oxygen atoms in total. The SMILES string of the molecule is CCc1ccccc1.O=C(COC(=O)C1CCCCN1S(=O)(=O)Cc1ccccc1)NCc1cccnc1. The zero-order chi connectivity index (χ0) is 27.2. The van der Waals surface area contributed by atoms with Gasteiger partial charge in [0.2, 0.25) is 10.0 Å². The Morgan fingerprint density at radius 1 is 0.947 bits per heavy atom. The van der Waals surface area contributed by atoms with Crippen molar-refractivity contribution >= 4 is 21.9 Å². The van der Waals surface area contributed by atoms with E-state index in [1.807, 2.05) is 18.2 Å². The molecule has 202 valence electrons. The molecule has 1 fully saturated rings. The normalized spacial score (nSPS) is 15.6. The molecule has 1 N–H and O–H groups in total. The fourth-order valence-electron chi connectivity index (χ4n) is 4.04. The average Bonchev–Trinajstić information content (AvgIpc) is 2.96. The van der Waals surface area contributed by atoms with E-state index in [0.29, 0.717) is 18.4 Å². The summed E-state index contributed by atoms with van der Waals surface area (Å²) in [6.07, 6.45) is 6.19. The van der Waals surface area contributed by atoms with Crippen LogP contribution in [0.25, 0.3) is 0 Å². The van der Waals surface area contributed by atoms with Gasteiger partial charge in [0.1, 0.15) is 6.04 Å². The lowest BCUT2D eigenvalue weighted by Gasteiger charge is -2.33. The summed E-state index contributed by atoms with van der Waals surface area (Å²) in [4.78, 5) is 28.5. The van der Waals surface area contributed by atoms with Gasteiger partial charge in [0, 0.05) is 25.5 Å². The van der Waals surface area contributed by atoms with E-state index in [4.69, 9.17) is 4.74 Å². The zero-order valence-corrected chi connectivity index (χ0v) is 22.5. The fraction of sp³-hybridized carbons (Fsp3) is 0.345. The third kappa shape index (κ3) is 9.39. The molecular weight excluding hydrogens is 502 g/mol. The molecule has 4 rings (SSSR count). The van der Waals surface area contributed by atoms with Crippen LogP contribution in [0.4, 0.5) is 0 Å². The number of aromatic nitrogens is 1. The Bertz CT molecular complexity index is 1240. The Morgan fingerprint density at radius 2 is 1.61 bits per heavy atom. The predicted octanol–water partition coefficient (Wildman–Crippen LogP) is 3.87. The number of aryl methyl sites for hydroxylation is 1. The Labute approximate surface area is 225 Å². The number of ether oxygens (including phenoxy) is 1. The van der Waals surface area contributed by atoms with Crippen molar-refractivity contribution in [2.75, 3.05) is 13.2 Å². The van der Waals surface area contributed by atoms with Crippen molar-refractivity contribution in [3.05, 3.63) is 102 Å². The summed E-state index contributed by atoms with van der Waals surface area (Å²) in [6.45, 7) is 2.24. The molecule has 1 atom stereocenters. The van der Waals surface area contributed by atoms with E-state index in [2.05, 4.69) is 41.5 Å². The molecule has 0 aliphatic carbocycles. The molecule has 2 heterocycles. The lowest BCUT2D eigenvalue weighted by Crippen LogP contribution is -2.49. The third-order valence-electron chi connectivity index (χ3n) is 6.08. The van der Waals surface area contributed by atoms with Crippen LogP contribution in [0.1, 0.15) is 42.9 Å². The van der Waals surface area contributed by atoms with Crippen LogP contribution in [-0.4, -0.2) is 48.8 Å². The second kappa shape index (κ2) is 15.0. The van der Waals surface area contributed by atoms with Crippen molar-refractivity contribution in [3.8, 4) is 0 Å². The number of hydrogen-bond donors (Lipinski definition) is 1. The number of amides is 1. The van der Waals surface area contributed by atoms with E-state index in [9.17, 15) is 18.0 Å². The van der Waals surface area contributed by atoms with Gasteiger partial charge in [-0.15, -0.1) is 0 Å². The van der Waals surface area contributed by atoms with E-state index < -0.39 is 34.5 Å². The molecule has 3 aromatic rings. The number of nitrogens with zero attached hydrogens (tertiary/aromatic N) is 2. The first-order valence-corrected chi connectivity index (χ1v) is 14.4. The highest BCUT2D eigenvalue weighted by Gasteiger charge is 2.37. The minimum Gasteiger partial charge on any atom is -0.454 e. The summed E-state index contributed by atoms with van der Waals surface area (Å²) in [7, 11) is -3.69. The molecular formula is C29H35N3O5S. The Kier molecular flexibility index (Phi) is 11.4. The number of piperidine rings is 1. The van der Waals surface area contributed by atoms with E-state index in [1.54, 1.807) is 42.7 Å². The number of nitrogens with one attached hydrogen (secondary N) is 1. The van der Waals surface area contributed by atoms with Gasteiger partial charge in [-0.25, -0.2) is 8.42 Å². The first kappa shape index (κ1) is 29.0. The van der Waals surface area contributed by atoms with Gasteiger partial charge in [0.05, 0.1) is 5.75 Å². The van der Waals surface area contributed by atoms with Crippen LogP contribution < -0.4 is 5.32 Å². The van der Waals surface area contributed by atoms with E-state index in [-0.39, 0.29) is 18.8 Å². The molecule has 1 unspecified atom stereocenters. The van der Waals surface area contributed by atoms with E-state index in [1.165, 1.54) is 9.87 Å². The fourth-order valence-corrected chi connectivity index (χ4v) is 5.81. The lowest BCUT2D eigenvalue weighted by molar-refractivity contribution is -0.153. The maximum atomic E-state index is 12.9. The summed E-state index contributed by atoms with van der Waals surface area (Å²) in [5.41, 5.74) is 2.89. The number of hydrogen-bond acceptors (Lipinski definition) is 6. The van der Waals surface area contributed by atoms with Crippen LogP contribution in [-0.2, 0) is 43.1 Å². The summed E-state index contributed by atoms with van der Waals surface area (Å²) in [5.74, 6) is -1.33. The summed E-state index contributed by atoms with van der Waals surface area (Å²) >= 11 is 0. The highest BCUT2D eigenvalue weighted by Crippen LogP contribution is 2.24. The number of pyridine rings is 1. The molecule has 38 heavy (non-hydrogen) atoms. The first-order valence-electron chi connectivity index (χ1n) is 12.8. The van der Waals surface area contributed by atoms with Crippen LogP contribution in [0.2, 0.25) is 0 Å². The van der Waals surface area contributed by atoms with Crippen molar-refractivity contribution in [1.29, 1.82) is 0 Å². The first-order chi connectivity index (χ1) is 18.4. The van der Waals surface area contributed by atoms with Gasteiger partial charge in [-0.1, -0.05) is 73.7 Å². The molecule has 0 bridgehead atoms. The number of esters is 1.